The van der Waals surface area contributed by atoms with Crippen LogP contribution in [0.3, 0.4) is 0 Å². The van der Waals surface area contributed by atoms with Gasteiger partial charge in [-0.05, 0) is 25.0 Å². The molecule has 5 rings (SSSR count). The Balaban J connectivity index is 1.41. The number of primary amides is 1. The van der Waals surface area contributed by atoms with E-state index in [0.29, 0.717) is 13.2 Å². The van der Waals surface area contributed by atoms with Gasteiger partial charge >= 0.3 is 0 Å². The molecule has 0 bridgehead atoms. The van der Waals surface area contributed by atoms with E-state index in [4.69, 9.17) is 15.6 Å². The average Bonchev–Trinajstić information content (AvgIpc) is 3.39. The maximum absolute atomic E-state index is 11.6. The standard InChI is InChI=1S/C21H20N4O2/c22-20(26)21(8-9-21)23-16-7-6-15-12-25-17(13-27-19(15)10-16)11-18(24-25)14-4-2-1-3-5-14/h1-7,10-11,23H,8-9,12-13H2,(H2,22,26). The molecule has 2 aliphatic rings. The first-order valence-corrected chi connectivity index (χ1v) is 9.09. The molecule has 6 nitrogen and oxygen atoms in total. The van der Waals surface area contributed by atoms with E-state index in [1.807, 2.05) is 41.1 Å². The van der Waals surface area contributed by atoms with Crippen LogP contribution in [0.15, 0.2) is 54.6 Å². The summed E-state index contributed by atoms with van der Waals surface area (Å²) >= 11 is 0. The van der Waals surface area contributed by atoms with Crippen molar-refractivity contribution in [2.24, 2.45) is 5.73 Å². The van der Waals surface area contributed by atoms with Gasteiger partial charge in [0.15, 0.2) is 0 Å². The summed E-state index contributed by atoms with van der Waals surface area (Å²) in [5, 5.41) is 8.02. The normalized spacial score (nSPS) is 16.4. The average molecular weight is 360 g/mol. The largest absolute Gasteiger partial charge is 0.487 e. The Bertz CT molecular complexity index is 1020. The van der Waals surface area contributed by atoms with E-state index in [9.17, 15) is 4.79 Å². The smallest absolute Gasteiger partial charge is 0.243 e. The zero-order valence-electron chi connectivity index (χ0n) is 14.8. The summed E-state index contributed by atoms with van der Waals surface area (Å²) in [7, 11) is 0. The number of anilines is 1. The van der Waals surface area contributed by atoms with Gasteiger partial charge in [0, 0.05) is 22.9 Å². The Hall–Kier alpha value is -3.28. The molecule has 0 spiro atoms. The molecule has 1 saturated carbocycles. The van der Waals surface area contributed by atoms with Crippen LogP contribution < -0.4 is 15.8 Å². The number of amides is 1. The van der Waals surface area contributed by atoms with Crippen molar-refractivity contribution in [1.82, 2.24) is 9.78 Å². The molecule has 1 fully saturated rings. The Kier molecular flexibility index (Phi) is 3.47. The van der Waals surface area contributed by atoms with Crippen LogP contribution in [0.25, 0.3) is 11.3 Å². The molecule has 1 aliphatic heterocycles. The van der Waals surface area contributed by atoms with Crippen LogP contribution in [-0.2, 0) is 17.9 Å². The van der Waals surface area contributed by atoms with Crippen LogP contribution in [0.2, 0.25) is 0 Å². The van der Waals surface area contributed by atoms with Gasteiger partial charge in [0.1, 0.15) is 17.9 Å². The van der Waals surface area contributed by atoms with E-state index in [-0.39, 0.29) is 5.91 Å². The number of aromatic nitrogens is 2. The topological polar surface area (TPSA) is 82.2 Å². The Morgan fingerprint density at radius 1 is 1.15 bits per heavy atom. The molecule has 136 valence electrons. The summed E-state index contributed by atoms with van der Waals surface area (Å²) in [6, 6.07) is 18.2. The van der Waals surface area contributed by atoms with E-state index in [0.717, 1.165) is 46.8 Å². The molecular formula is C21H20N4O2. The Labute approximate surface area is 156 Å². The number of ether oxygens (including phenoxy) is 1. The minimum Gasteiger partial charge on any atom is -0.487 e. The van der Waals surface area contributed by atoms with Crippen molar-refractivity contribution in [3.8, 4) is 17.0 Å². The van der Waals surface area contributed by atoms with Gasteiger partial charge in [0.2, 0.25) is 5.91 Å². The van der Waals surface area contributed by atoms with Crippen LogP contribution in [0.1, 0.15) is 24.1 Å². The fourth-order valence-electron chi connectivity index (χ4n) is 3.50. The van der Waals surface area contributed by atoms with Gasteiger partial charge in [-0.3, -0.25) is 9.48 Å². The molecule has 3 aromatic rings. The summed E-state index contributed by atoms with van der Waals surface area (Å²) in [4.78, 5) is 11.6. The zero-order valence-corrected chi connectivity index (χ0v) is 14.8. The minimum absolute atomic E-state index is 0.299. The van der Waals surface area contributed by atoms with Gasteiger partial charge in [-0.1, -0.05) is 36.4 Å². The van der Waals surface area contributed by atoms with Crippen molar-refractivity contribution in [3.05, 3.63) is 65.9 Å². The van der Waals surface area contributed by atoms with Crippen molar-refractivity contribution in [3.63, 3.8) is 0 Å². The van der Waals surface area contributed by atoms with E-state index in [1.165, 1.54) is 0 Å². The van der Waals surface area contributed by atoms with Crippen LogP contribution >= 0.6 is 0 Å². The van der Waals surface area contributed by atoms with Gasteiger partial charge in [0.05, 0.1) is 17.9 Å². The number of nitrogens with two attached hydrogens (primary N) is 1. The van der Waals surface area contributed by atoms with Crippen molar-refractivity contribution >= 4 is 11.6 Å². The molecule has 2 heterocycles. The van der Waals surface area contributed by atoms with Crippen molar-refractivity contribution < 1.29 is 9.53 Å². The SMILES string of the molecule is NC(=O)C1(Nc2ccc3c(c2)OCc2cc(-c4ccccc4)nn2C3)CC1. The molecule has 6 heteroatoms. The monoisotopic (exact) mass is 360 g/mol. The number of hydrogen-bond acceptors (Lipinski definition) is 4. The molecule has 0 saturated heterocycles. The van der Waals surface area contributed by atoms with E-state index >= 15 is 0 Å². The van der Waals surface area contributed by atoms with Gasteiger partial charge in [-0.15, -0.1) is 0 Å². The fraction of sp³-hybridized carbons (Fsp3) is 0.238. The lowest BCUT2D eigenvalue weighted by Gasteiger charge is -2.16. The highest BCUT2D eigenvalue weighted by atomic mass is 16.5. The lowest BCUT2D eigenvalue weighted by atomic mass is 10.1. The van der Waals surface area contributed by atoms with E-state index in [1.54, 1.807) is 0 Å². The number of rotatable bonds is 4. The van der Waals surface area contributed by atoms with Gasteiger partial charge in [-0.25, -0.2) is 0 Å². The third kappa shape index (κ3) is 2.83. The quantitative estimate of drug-likeness (QED) is 0.749. The van der Waals surface area contributed by atoms with Gasteiger partial charge in [0.25, 0.3) is 0 Å². The number of nitrogens with one attached hydrogen (secondary N) is 1. The molecule has 0 unspecified atom stereocenters. The second-order valence-electron chi connectivity index (χ2n) is 7.23. The predicted octanol–water partition coefficient (Wildman–Crippen LogP) is 2.92. The predicted molar refractivity (Wildman–Crippen MR) is 102 cm³/mol. The first-order valence-electron chi connectivity index (χ1n) is 9.09. The lowest BCUT2D eigenvalue weighted by Crippen LogP contribution is -2.37. The summed E-state index contributed by atoms with van der Waals surface area (Å²) in [6.45, 7) is 1.11. The highest BCUT2D eigenvalue weighted by molar-refractivity contribution is 5.91. The molecule has 3 N–H and O–H groups in total. The van der Waals surface area contributed by atoms with E-state index < -0.39 is 5.54 Å². The lowest BCUT2D eigenvalue weighted by molar-refractivity contribution is -0.119. The van der Waals surface area contributed by atoms with Crippen molar-refractivity contribution in [2.75, 3.05) is 5.32 Å². The van der Waals surface area contributed by atoms with Gasteiger partial charge < -0.3 is 15.8 Å². The molecule has 1 aromatic heterocycles. The third-order valence-corrected chi connectivity index (χ3v) is 5.30. The molecule has 2 aromatic carbocycles. The van der Waals surface area contributed by atoms with Crippen molar-refractivity contribution in [2.45, 2.75) is 31.5 Å². The number of fused-ring (bicyclic) bond motifs is 2. The van der Waals surface area contributed by atoms with Crippen LogP contribution in [0.4, 0.5) is 5.69 Å². The zero-order chi connectivity index (χ0) is 18.4. The van der Waals surface area contributed by atoms with Crippen LogP contribution in [0.5, 0.6) is 5.75 Å². The van der Waals surface area contributed by atoms with Crippen LogP contribution in [-0.4, -0.2) is 21.2 Å². The number of hydrogen-bond donors (Lipinski definition) is 2. The number of benzene rings is 2. The maximum atomic E-state index is 11.6. The van der Waals surface area contributed by atoms with E-state index in [2.05, 4.69) is 23.5 Å². The van der Waals surface area contributed by atoms with Gasteiger partial charge in [-0.2, -0.15) is 5.10 Å². The highest BCUT2D eigenvalue weighted by Gasteiger charge is 2.48. The summed E-state index contributed by atoms with van der Waals surface area (Å²) in [6.07, 6.45) is 1.55. The third-order valence-electron chi connectivity index (χ3n) is 5.30. The molecule has 27 heavy (non-hydrogen) atoms. The number of carbonyl (C=O) groups is 1. The number of nitrogens with zero attached hydrogens (tertiary/aromatic N) is 2. The second-order valence-corrected chi connectivity index (χ2v) is 7.23. The van der Waals surface area contributed by atoms with Crippen molar-refractivity contribution in [1.29, 1.82) is 0 Å². The molecular weight excluding hydrogens is 340 g/mol. The Morgan fingerprint density at radius 3 is 2.70 bits per heavy atom. The van der Waals surface area contributed by atoms with Crippen LogP contribution in [0, 0.1) is 0 Å². The summed E-state index contributed by atoms with van der Waals surface area (Å²) < 4.78 is 8.04. The summed E-state index contributed by atoms with van der Waals surface area (Å²) in [5.74, 6) is 0.513. The first-order chi connectivity index (χ1) is 13.1. The molecule has 0 radical (unpaired) electrons. The first kappa shape index (κ1) is 15.9. The maximum Gasteiger partial charge on any atom is 0.243 e. The molecule has 0 atom stereocenters. The molecule has 1 aliphatic carbocycles. The fourth-order valence-corrected chi connectivity index (χ4v) is 3.50. The Morgan fingerprint density at radius 2 is 1.96 bits per heavy atom. The highest BCUT2D eigenvalue weighted by Crippen LogP contribution is 2.40. The second kappa shape index (κ2) is 5.87. The summed E-state index contributed by atoms with van der Waals surface area (Å²) in [5.41, 5.74) is 9.92. The minimum atomic E-state index is -0.587. The molecule has 1 amide bonds. The number of carbonyl (C=O) groups excluding carboxylic acids is 1.